The van der Waals surface area contributed by atoms with Crippen molar-refractivity contribution in [2.24, 2.45) is 21.5 Å². The molecule has 0 aliphatic rings. The number of halogens is 2. The van der Waals surface area contributed by atoms with Crippen molar-refractivity contribution < 1.29 is 9.47 Å². The van der Waals surface area contributed by atoms with Gasteiger partial charge in [0, 0.05) is 47.7 Å². The number of nitrogens with zero attached hydrogens (tertiary/aromatic N) is 4. The smallest absolute Gasteiger partial charge is 0.213 e. The van der Waals surface area contributed by atoms with Crippen molar-refractivity contribution in [2.45, 2.75) is 59.0 Å². The Hall–Kier alpha value is -2.58. The molecule has 0 saturated carbocycles. The van der Waals surface area contributed by atoms with E-state index in [2.05, 4.69) is 20.0 Å². The lowest BCUT2D eigenvalue weighted by atomic mass is 10.2. The molecule has 0 spiro atoms. The molecule has 33 heavy (non-hydrogen) atoms. The van der Waals surface area contributed by atoms with Gasteiger partial charge in [0.05, 0.1) is 13.2 Å². The number of nitrogens with two attached hydrogens (primary N) is 2. The van der Waals surface area contributed by atoms with Gasteiger partial charge in [-0.05, 0) is 59.1 Å². The fourth-order valence-corrected chi connectivity index (χ4v) is 2.67. The van der Waals surface area contributed by atoms with E-state index in [4.69, 9.17) is 20.9 Å². The van der Waals surface area contributed by atoms with E-state index < -0.39 is 0 Å². The average Bonchev–Trinajstić information content (AvgIpc) is 2.73. The van der Waals surface area contributed by atoms with Crippen molar-refractivity contribution >= 4 is 36.5 Å². The number of ether oxygens (including phenoxy) is 2. The third-order valence-electron chi connectivity index (χ3n) is 4.15. The molecule has 2 aromatic heterocycles. The Morgan fingerprint density at radius 1 is 0.727 bits per heavy atom. The number of pyridine rings is 2. The molecule has 0 radical (unpaired) electrons. The fourth-order valence-electron chi connectivity index (χ4n) is 2.67. The Kier molecular flexibility index (Phi) is 14.8. The number of rotatable bonds is 12. The first kappa shape index (κ1) is 30.4. The van der Waals surface area contributed by atoms with Crippen LogP contribution in [0.25, 0.3) is 0 Å². The first-order chi connectivity index (χ1) is 14.8. The SMILES string of the molecule is CC(C)N=C(N)c1ccc(OCCCCCOc2ccc(C(N)=NC(C)C)cn2)nc1.Cl.Cl. The number of hydrogen-bond acceptors (Lipinski definition) is 6. The highest BCUT2D eigenvalue weighted by molar-refractivity contribution is 5.97. The second kappa shape index (κ2) is 16.1. The number of aliphatic imine (C=N–C) groups is 2. The summed E-state index contributed by atoms with van der Waals surface area (Å²) in [6.45, 7) is 9.13. The maximum Gasteiger partial charge on any atom is 0.213 e. The van der Waals surface area contributed by atoms with E-state index in [-0.39, 0.29) is 36.9 Å². The van der Waals surface area contributed by atoms with Gasteiger partial charge in [0.25, 0.3) is 0 Å². The molecule has 0 saturated heterocycles. The Morgan fingerprint density at radius 3 is 1.42 bits per heavy atom. The van der Waals surface area contributed by atoms with Gasteiger partial charge in [0.1, 0.15) is 11.7 Å². The lowest BCUT2D eigenvalue weighted by molar-refractivity contribution is 0.269. The quantitative estimate of drug-likeness (QED) is 0.257. The van der Waals surface area contributed by atoms with Crippen LogP contribution in [0.1, 0.15) is 58.1 Å². The molecule has 2 aromatic rings. The van der Waals surface area contributed by atoms with Crippen LogP contribution in [0, 0.1) is 0 Å². The van der Waals surface area contributed by atoms with E-state index in [1.165, 1.54) is 0 Å². The molecule has 10 heteroatoms. The molecular formula is C23H36Cl2N6O2. The summed E-state index contributed by atoms with van der Waals surface area (Å²) in [7, 11) is 0. The molecule has 184 valence electrons. The molecule has 8 nitrogen and oxygen atoms in total. The molecule has 0 unspecified atom stereocenters. The zero-order chi connectivity index (χ0) is 22.6. The van der Waals surface area contributed by atoms with Gasteiger partial charge in [-0.25, -0.2) is 9.97 Å². The maximum absolute atomic E-state index is 5.94. The monoisotopic (exact) mass is 498 g/mol. The molecule has 2 heterocycles. The summed E-state index contributed by atoms with van der Waals surface area (Å²) in [6.07, 6.45) is 6.19. The summed E-state index contributed by atoms with van der Waals surface area (Å²) in [5.41, 5.74) is 13.5. The van der Waals surface area contributed by atoms with Crippen molar-refractivity contribution in [3.05, 3.63) is 47.8 Å². The van der Waals surface area contributed by atoms with Crippen molar-refractivity contribution in [2.75, 3.05) is 13.2 Å². The van der Waals surface area contributed by atoms with Crippen LogP contribution in [0.3, 0.4) is 0 Å². The summed E-state index contributed by atoms with van der Waals surface area (Å²) in [6, 6.07) is 7.68. The van der Waals surface area contributed by atoms with Crippen LogP contribution in [0.4, 0.5) is 0 Å². The lowest BCUT2D eigenvalue weighted by Gasteiger charge is -2.08. The lowest BCUT2D eigenvalue weighted by Crippen LogP contribution is -2.16. The van der Waals surface area contributed by atoms with Gasteiger partial charge < -0.3 is 20.9 Å². The maximum atomic E-state index is 5.94. The van der Waals surface area contributed by atoms with Gasteiger partial charge in [0.15, 0.2) is 0 Å². The van der Waals surface area contributed by atoms with E-state index in [1.54, 1.807) is 12.4 Å². The van der Waals surface area contributed by atoms with Gasteiger partial charge in [0.2, 0.25) is 11.8 Å². The van der Waals surface area contributed by atoms with Gasteiger partial charge >= 0.3 is 0 Å². The molecule has 0 bridgehead atoms. The first-order valence-electron chi connectivity index (χ1n) is 10.7. The van der Waals surface area contributed by atoms with Crippen molar-refractivity contribution in [1.29, 1.82) is 0 Å². The minimum Gasteiger partial charge on any atom is -0.478 e. The van der Waals surface area contributed by atoms with Crippen molar-refractivity contribution in [1.82, 2.24) is 9.97 Å². The number of hydrogen-bond donors (Lipinski definition) is 2. The zero-order valence-electron chi connectivity index (χ0n) is 19.7. The van der Waals surface area contributed by atoms with Gasteiger partial charge in [-0.3, -0.25) is 9.98 Å². The number of unbranched alkanes of at least 4 members (excludes halogenated alkanes) is 2. The molecular weight excluding hydrogens is 463 g/mol. The van der Waals surface area contributed by atoms with Gasteiger partial charge in [-0.15, -0.1) is 24.8 Å². The Balaban J connectivity index is 0.00000512. The van der Waals surface area contributed by atoms with Crippen LogP contribution in [0.15, 0.2) is 46.6 Å². The molecule has 0 aromatic carbocycles. The average molecular weight is 499 g/mol. The zero-order valence-corrected chi connectivity index (χ0v) is 21.4. The largest absolute Gasteiger partial charge is 0.478 e. The topological polar surface area (TPSA) is 121 Å². The summed E-state index contributed by atoms with van der Waals surface area (Å²) in [5, 5.41) is 0. The molecule has 0 aliphatic carbocycles. The molecule has 0 aliphatic heterocycles. The summed E-state index contributed by atoms with van der Waals surface area (Å²) < 4.78 is 11.4. The van der Waals surface area contributed by atoms with Crippen LogP contribution < -0.4 is 20.9 Å². The molecule has 4 N–H and O–H groups in total. The highest BCUT2D eigenvalue weighted by Gasteiger charge is 2.03. The van der Waals surface area contributed by atoms with Crippen molar-refractivity contribution in [3.8, 4) is 11.8 Å². The highest BCUT2D eigenvalue weighted by Crippen LogP contribution is 2.11. The number of aromatic nitrogens is 2. The van der Waals surface area contributed by atoms with Crippen LogP contribution in [-0.4, -0.2) is 46.9 Å². The summed E-state index contributed by atoms with van der Waals surface area (Å²) in [5.74, 6) is 2.15. The van der Waals surface area contributed by atoms with E-state index in [1.807, 2.05) is 52.0 Å². The first-order valence-corrected chi connectivity index (χ1v) is 10.7. The minimum absolute atomic E-state index is 0. The predicted octanol–water partition coefficient (Wildman–Crippen LogP) is 4.18. The number of amidine groups is 2. The van der Waals surface area contributed by atoms with E-state index in [0.717, 1.165) is 30.4 Å². The van der Waals surface area contributed by atoms with Gasteiger partial charge in [-0.2, -0.15) is 0 Å². The standard InChI is InChI=1S/C23H34N6O2.2ClH/c1-16(2)28-22(24)18-8-10-20(26-14-18)30-12-6-5-7-13-31-21-11-9-19(15-27-21)23(25)29-17(3)4;;/h8-11,14-17H,5-7,12-13H2,1-4H3,(H2,24,28)(H2,25,29);2*1H. The Morgan fingerprint density at radius 2 is 1.12 bits per heavy atom. The van der Waals surface area contributed by atoms with Crippen LogP contribution in [0.2, 0.25) is 0 Å². The summed E-state index contributed by atoms with van der Waals surface area (Å²) >= 11 is 0. The van der Waals surface area contributed by atoms with E-state index >= 15 is 0 Å². The minimum atomic E-state index is 0. The summed E-state index contributed by atoms with van der Waals surface area (Å²) in [4.78, 5) is 17.2. The molecule has 2 rings (SSSR count). The van der Waals surface area contributed by atoms with Gasteiger partial charge in [-0.1, -0.05) is 0 Å². The Bertz CT molecular complexity index is 785. The third kappa shape index (κ3) is 11.7. The fraction of sp³-hybridized carbons (Fsp3) is 0.478. The van der Waals surface area contributed by atoms with E-state index in [9.17, 15) is 0 Å². The third-order valence-corrected chi connectivity index (χ3v) is 4.15. The van der Waals surface area contributed by atoms with Crippen LogP contribution >= 0.6 is 24.8 Å². The highest BCUT2D eigenvalue weighted by atomic mass is 35.5. The van der Waals surface area contributed by atoms with Crippen molar-refractivity contribution in [3.63, 3.8) is 0 Å². The molecule has 0 amide bonds. The predicted molar refractivity (Wildman–Crippen MR) is 140 cm³/mol. The second-order valence-corrected chi connectivity index (χ2v) is 7.74. The van der Waals surface area contributed by atoms with Crippen LogP contribution in [0.5, 0.6) is 11.8 Å². The van der Waals surface area contributed by atoms with E-state index in [0.29, 0.717) is 36.6 Å². The second-order valence-electron chi connectivity index (χ2n) is 7.74. The Labute approximate surface area is 209 Å². The van der Waals surface area contributed by atoms with Crippen LogP contribution in [-0.2, 0) is 0 Å². The normalized spacial score (nSPS) is 11.7. The molecule has 0 fully saturated rings. The molecule has 0 atom stereocenters.